The van der Waals surface area contributed by atoms with E-state index < -0.39 is 0 Å². The van der Waals surface area contributed by atoms with Gasteiger partial charge in [0.1, 0.15) is 5.82 Å². The summed E-state index contributed by atoms with van der Waals surface area (Å²) < 4.78 is 0. The van der Waals surface area contributed by atoms with Crippen LogP contribution in [-0.4, -0.2) is 17.4 Å². The lowest BCUT2D eigenvalue weighted by atomic mass is 10.2. The number of rotatable bonds is 3. The second kappa shape index (κ2) is 5.79. The van der Waals surface area contributed by atoms with Crippen molar-refractivity contribution in [1.82, 2.24) is 4.98 Å². The van der Waals surface area contributed by atoms with Crippen LogP contribution in [0.3, 0.4) is 0 Å². The number of nitrogens with zero attached hydrogens (tertiary/aromatic N) is 1. The van der Waals surface area contributed by atoms with Crippen LogP contribution in [0.4, 0.5) is 5.82 Å². The Kier molecular flexibility index (Phi) is 4.66. The molecule has 0 radical (unpaired) electrons. The fourth-order valence-corrected chi connectivity index (χ4v) is 1.43. The maximum Gasteiger partial charge on any atom is 0.126 e. The molecule has 15 heavy (non-hydrogen) atoms. The predicted molar refractivity (Wildman–Crippen MR) is 68.2 cm³/mol. The first-order valence-electron chi connectivity index (χ1n) is 4.56. The van der Waals surface area contributed by atoms with Gasteiger partial charge in [-0.1, -0.05) is 18.2 Å². The number of halogens is 2. The first-order chi connectivity index (χ1) is 6.90. The van der Waals surface area contributed by atoms with Gasteiger partial charge < -0.3 is 5.32 Å². The molecule has 0 saturated carbocycles. The van der Waals surface area contributed by atoms with Crippen LogP contribution >= 0.6 is 24.0 Å². The second-order valence-corrected chi connectivity index (χ2v) is 3.38. The van der Waals surface area contributed by atoms with Gasteiger partial charge in [-0.3, -0.25) is 0 Å². The number of nitrogens with one attached hydrogen (secondary N) is 1. The Bertz CT molecular complexity index is 432. The van der Waals surface area contributed by atoms with Crippen LogP contribution in [0.1, 0.15) is 0 Å². The molecule has 1 N–H and O–H groups in total. The highest BCUT2D eigenvalue weighted by Gasteiger charge is 1.95. The summed E-state index contributed by atoms with van der Waals surface area (Å²) in [6.45, 7) is 0.743. The third kappa shape index (κ3) is 2.98. The molecule has 4 heteroatoms. The van der Waals surface area contributed by atoms with E-state index in [0.717, 1.165) is 23.3 Å². The van der Waals surface area contributed by atoms with E-state index in [1.165, 1.54) is 0 Å². The lowest BCUT2D eigenvalue weighted by molar-refractivity contribution is 1.18. The maximum absolute atomic E-state index is 5.58. The molecule has 0 aliphatic heterocycles. The molecule has 1 heterocycles. The highest BCUT2D eigenvalue weighted by atomic mass is 35.5. The molecular weight excluding hydrogens is 231 g/mol. The van der Waals surface area contributed by atoms with Crippen LogP contribution in [0.5, 0.6) is 0 Å². The third-order valence-electron chi connectivity index (χ3n) is 2.00. The lowest BCUT2D eigenvalue weighted by Crippen LogP contribution is -2.03. The molecule has 0 aliphatic carbocycles. The van der Waals surface area contributed by atoms with Gasteiger partial charge in [0.15, 0.2) is 0 Å². The molecule has 1 aromatic heterocycles. The van der Waals surface area contributed by atoms with Gasteiger partial charge in [-0.25, -0.2) is 4.98 Å². The Hall–Kier alpha value is -0.990. The van der Waals surface area contributed by atoms with Gasteiger partial charge in [0.05, 0.1) is 5.52 Å². The molecule has 0 unspecified atom stereocenters. The number of para-hydroxylation sites is 1. The van der Waals surface area contributed by atoms with Crippen LogP contribution < -0.4 is 5.32 Å². The van der Waals surface area contributed by atoms with Crippen molar-refractivity contribution in [3.05, 3.63) is 36.4 Å². The zero-order valence-electron chi connectivity index (χ0n) is 8.11. The molecule has 0 aliphatic rings. The monoisotopic (exact) mass is 242 g/mol. The number of fused-ring (bicyclic) bond motifs is 1. The minimum atomic E-state index is 0. The van der Waals surface area contributed by atoms with Gasteiger partial charge in [0.25, 0.3) is 0 Å². The van der Waals surface area contributed by atoms with Crippen LogP contribution in [0.15, 0.2) is 36.4 Å². The summed E-state index contributed by atoms with van der Waals surface area (Å²) in [7, 11) is 0. The van der Waals surface area contributed by atoms with Crippen LogP contribution in [-0.2, 0) is 0 Å². The first kappa shape index (κ1) is 12.1. The van der Waals surface area contributed by atoms with Gasteiger partial charge in [0, 0.05) is 17.8 Å². The summed E-state index contributed by atoms with van der Waals surface area (Å²) in [5.74, 6) is 1.47. The largest absolute Gasteiger partial charge is 0.369 e. The minimum Gasteiger partial charge on any atom is -0.369 e. The quantitative estimate of drug-likeness (QED) is 0.836. The summed E-state index contributed by atoms with van der Waals surface area (Å²) in [6, 6.07) is 12.1. The average Bonchev–Trinajstić information content (AvgIpc) is 2.26. The molecule has 0 fully saturated rings. The zero-order valence-corrected chi connectivity index (χ0v) is 9.68. The SMILES string of the molecule is Cl.ClCCNc1ccc2ccccc2n1. The first-order valence-corrected chi connectivity index (χ1v) is 5.09. The van der Waals surface area contributed by atoms with Crippen molar-refractivity contribution < 1.29 is 0 Å². The highest BCUT2D eigenvalue weighted by Crippen LogP contribution is 2.14. The molecule has 2 rings (SSSR count). The van der Waals surface area contributed by atoms with Crippen molar-refractivity contribution in [2.24, 2.45) is 0 Å². The topological polar surface area (TPSA) is 24.9 Å². The van der Waals surface area contributed by atoms with Gasteiger partial charge in [0.2, 0.25) is 0 Å². The summed E-state index contributed by atoms with van der Waals surface area (Å²) >= 11 is 5.58. The molecule has 0 bridgehead atoms. The number of aromatic nitrogens is 1. The number of alkyl halides is 1. The van der Waals surface area contributed by atoms with E-state index in [9.17, 15) is 0 Å². The Labute approximate surface area is 100 Å². The molecule has 2 aromatic rings. The van der Waals surface area contributed by atoms with Crippen molar-refractivity contribution in [1.29, 1.82) is 0 Å². The van der Waals surface area contributed by atoms with E-state index in [2.05, 4.69) is 16.4 Å². The number of anilines is 1. The van der Waals surface area contributed by atoms with Gasteiger partial charge in [-0.05, 0) is 18.2 Å². The Balaban J connectivity index is 0.00000112. The molecule has 0 saturated heterocycles. The smallest absolute Gasteiger partial charge is 0.126 e. The standard InChI is InChI=1S/C11H11ClN2.ClH/c12-7-8-13-11-6-5-9-3-1-2-4-10(9)14-11;/h1-6H,7-8H2,(H,13,14);1H. The Morgan fingerprint density at radius 1 is 1.13 bits per heavy atom. The predicted octanol–water partition coefficient (Wildman–Crippen LogP) is 3.31. The fraction of sp³-hybridized carbons (Fsp3) is 0.182. The van der Waals surface area contributed by atoms with E-state index in [-0.39, 0.29) is 12.4 Å². The van der Waals surface area contributed by atoms with E-state index >= 15 is 0 Å². The van der Waals surface area contributed by atoms with Gasteiger partial charge in [-0.15, -0.1) is 24.0 Å². The summed E-state index contributed by atoms with van der Waals surface area (Å²) in [5.41, 5.74) is 1.01. The van der Waals surface area contributed by atoms with Crippen molar-refractivity contribution >= 4 is 40.7 Å². The molecule has 0 spiro atoms. The Morgan fingerprint density at radius 2 is 1.93 bits per heavy atom. The van der Waals surface area contributed by atoms with Crippen molar-refractivity contribution in [2.45, 2.75) is 0 Å². The molecular formula is C11H12Cl2N2. The van der Waals surface area contributed by atoms with Crippen molar-refractivity contribution in [3.63, 3.8) is 0 Å². The Morgan fingerprint density at radius 3 is 2.73 bits per heavy atom. The fourth-order valence-electron chi connectivity index (χ4n) is 1.34. The number of benzene rings is 1. The van der Waals surface area contributed by atoms with Crippen LogP contribution in [0, 0.1) is 0 Å². The molecule has 80 valence electrons. The summed E-state index contributed by atoms with van der Waals surface area (Å²) in [5, 5.41) is 4.30. The second-order valence-electron chi connectivity index (χ2n) is 3.00. The molecule has 0 amide bonds. The van der Waals surface area contributed by atoms with Crippen LogP contribution in [0.2, 0.25) is 0 Å². The lowest BCUT2D eigenvalue weighted by Gasteiger charge is -2.03. The maximum atomic E-state index is 5.58. The molecule has 1 aromatic carbocycles. The zero-order chi connectivity index (χ0) is 9.80. The minimum absolute atomic E-state index is 0. The van der Waals surface area contributed by atoms with E-state index in [1.54, 1.807) is 0 Å². The average molecular weight is 243 g/mol. The van der Waals surface area contributed by atoms with E-state index in [1.807, 2.05) is 30.3 Å². The van der Waals surface area contributed by atoms with Crippen molar-refractivity contribution in [2.75, 3.05) is 17.7 Å². The summed E-state index contributed by atoms with van der Waals surface area (Å²) in [6.07, 6.45) is 0. The van der Waals surface area contributed by atoms with Crippen molar-refractivity contribution in [3.8, 4) is 0 Å². The number of pyridine rings is 1. The van der Waals surface area contributed by atoms with Crippen LogP contribution in [0.25, 0.3) is 10.9 Å². The number of hydrogen-bond donors (Lipinski definition) is 1. The number of hydrogen-bond acceptors (Lipinski definition) is 2. The highest BCUT2D eigenvalue weighted by molar-refractivity contribution is 6.18. The van der Waals surface area contributed by atoms with Gasteiger partial charge in [-0.2, -0.15) is 0 Å². The van der Waals surface area contributed by atoms with E-state index in [4.69, 9.17) is 11.6 Å². The molecule has 0 atom stereocenters. The summed E-state index contributed by atoms with van der Waals surface area (Å²) in [4.78, 5) is 4.44. The van der Waals surface area contributed by atoms with E-state index in [0.29, 0.717) is 5.88 Å². The molecule has 2 nitrogen and oxygen atoms in total. The third-order valence-corrected chi connectivity index (χ3v) is 2.19. The van der Waals surface area contributed by atoms with Gasteiger partial charge >= 0.3 is 0 Å². The normalized spacial score (nSPS) is 9.67.